The number of pyridine rings is 1. The second-order valence-corrected chi connectivity index (χ2v) is 14.4. The van der Waals surface area contributed by atoms with Gasteiger partial charge in [-0.25, -0.2) is 19.2 Å². The molecule has 0 bridgehead atoms. The van der Waals surface area contributed by atoms with E-state index in [1.165, 1.54) is 24.5 Å². The SMILES string of the molecule is COC(=O)[C@@]12C[C@@]1(F)/C=C\CCCCN(C)C(=O)[C@@H]1C[C@H](Oc3cc(-c4nc(C(C)C)cs4)nc4c(C)c(OC)ccc34)C[C@H]1C(=O)N2. The van der Waals surface area contributed by atoms with E-state index in [0.717, 1.165) is 34.5 Å². The largest absolute Gasteiger partial charge is 0.496 e. The number of thiazole rings is 1. The minimum atomic E-state index is -2.05. The maximum absolute atomic E-state index is 16.0. The average molecular weight is 679 g/mol. The van der Waals surface area contributed by atoms with Crippen molar-refractivity contribution in [3.05, 3.63) is 47.0 Å². The lowest BCUT2D eigenvalue weighted by molar-refractivity contribution is -0.149. The Balaban J connectivity index is 1.36. The number of hydrogen-bond donors (Lipinski definition) is 1. The number of carbonyl (C=O) groups is 3. The highest BCUT2D eigenvalue weighted by atomic mass is 32.1. The molecule has 3 heterocycles. The molecule has 1 aliphatic heterocycles. The van der Waals surface area contributed by atoms with Crippen LogP contribution >= 0.6 is 11.3 Å². The molecular weight excluding hydrogens is 635 g/mol. The van der Waals surface area contributed by atoms with Crippen LogP contribution in [0.2, 0.25) is 0 Å². The number of nitrogens with zero attached hydrogens (tertiary/aromatic N) is 3. The van der Waals surface area contributed by atoms with Crippen LogP contribution in [0.25, 0.3) is 21.6 Å². The first kappa shape index (κ1) is 33.8. The van der Waals surface area contributed by atoms with E-state index in [0.29, 0.717) is 35.7 Å². The van der Waals surface area contributed by atoms with Crippen LogP contribution in [0.15, 0.2) is 35.7 Å². The summed E-state index contributed by atoms with van der Waals surface area (Å²) in [5, 5.41) is 6.25. The molecule has 2 saturated carbocycles. The molecule has 0 unspecified atom stereocenters. The molecule has 1 aromatic carbocycles. The average Bonchev–Trinajstić information content (AvgIpc) is 3.42. The first-order chi connectivity index (χ1) is 22.9. The number of nitrogens with one attached hydrogen (secondary N) is 1. The van der Waals surface area contributed by atoms with E-state index in [2.05, 4.69) is 19.2 Å². The maximum atomic E-state index is 16.0. The second kappa shape index (κ2) is 13.1. The first-order valence-corrected chi connectivity index (χ1v) is 17.4. The number of esters is 1. The molecule has 2 fully saturated rings. The summed E-state index contributed by atoms with van der Waals surface area (Å²) >= 11 is 1.51. The monoisotopic (exact) mass is 678 g/mol. The number of fused-ring (bicyclic) bond motifs is 3. The maximum Gasteiger partial charge on any atom is 0.335 e. The van der Waals surface area contributed by atoms with Gasteiger partial charge in [0.2, 0.25) is 11.8 Å². The van der Waals surface area contributed by atoms with Gasteiger partial charge < -0.3 is 24.4 Å². The van der Waals surface area contributed by atoms with Crippen molar-refractivity contribution in [1.82, 2.24) is 20.2 Å². The number of ether oxygens (including phenoxy) is 3. The number of benzene rings is 1. The molecule has 2 aromatic heterocycles. The summed E-state index contributed by atoms with van der Waals surface area (Å²) < 4.78 is 33.2. The molecule has 2 aliphatic carbocycles. The van der Waals surface area contributed by atoms with E-state index in [1.807, 2.05) is 30.5 Å². The van der Waals surface area contributed by atoms with E-state index in [1.54, 1.807) is 25.1 Å². The lowest BCUT2D eigenvalue weighted by atomic mass is 9.93. The summed E-state index contributed by atoms with van der Waals surface area (Å²) in [5.74, 6) is -1.64. The first-order valence-electron chi connectivity index (χ1n) is 16.5. The second-order valence-electron chi connectivity index (χ2n) is 13.5. The smallest absolute Gasteiger partial charge is 0.335 e. The van der Waals surface area contributed by atoms with E-state index in [4.69, 9.17) is 24.2 Å². The molecule has 0 spiro atoms. The van der Waals surface area contributed by atoms with E-state index < -0.39 is 41.0 Å². The Morgan fingerprint density at radius 1 is 1.12 bits per heavy atom. The zero-order valence-corrected chi connectivity index (χ0v) is 29.1. The van der Waals surface area contributed by atoms with Gasteiger partial charge in [-0.15, -0.1) is 11.3 Å². The van der Waals surface area contributed by atoms with E-state index >= 15 is 4.39 Å². The Bertz CT molecular complexity index is 1780. The molecule has 3 aromatic rings. The molecule has 1 N–H and O–H groups in total. The van der Waals surface area contributed by atoms with Crippen molar-refractivity contribution in [1.29, 1.82) is 0 Å². The van der Waals surface area contributed by atoms with Gasteiger partial charge in [-0.2, -0.15) is 0 Å². The van der Waals surface area contributed by atoms with Crippen molar-refractivity contribution in [2.45, 2.75) is 82.5 Å². The van der Waals surface area contributed by atoms with Crippen molar-refractivity contribution in [3.63, 3.8) is 0 Å². The lowest BCUT2D eigenvalue weighted by Crippen LogP contribution is -2.52. The van der Waals surface area contributed by atoms with Gasteiger partial charge in [-0.1, -0.05) is 19.9 Å². The minimum absolute atomic E-state index is 0.173. The molecule has 0 radical (unpaired) electrons. The van der Waals surface area contributed by atoms with Gasteiger partial charge in [0, 0.05) is 42.4 Å². The van der Waals surface area contributed by atoms with Crippen LogP contribution in [-0.4, -0.2) is 77.8 Å². The van der Waals surface area contributed by atoms with Crippen molar-refractivity contribution < 1.29 is 33.0 Å². The Morgan fingerprint density at radius 3 is 2.60 bits per heavy atom. The molecule has 5 atom stereocenters. The summed E-state index contributed by atoms with van der Waals surface area (Å²) in [6, 6.07) is 5.63. The molecule has 10 nitrogen and oxygen atoms in total. The fourth-order valence-corrected chi connectivity index (χ4v) is 7.98. The third kappa shape index (κ3) is 6.03. The van der Waals surface area contributed by atoms with Crippen LogP contribution in [0.4, 0.5) is 4.39 Å². The van der Waals surface area contributed by atoms with Crippen LogP contribution in [0, 0.1) is 18.8 Å². The van der Waals surface area contributed by atoms with Gasteiger partial charge in [0.15, 0.2) is 11.2 Å². The number of halogens is 1. The van der Waals surface area contributed by atoms with Gasteiger partial charge in [0.25, 0.3) is 0 Å². The molecule has 0 saturated heterocycles. The number of hydrogen-bond acceptors (Lipinski definition) is 9. The summed E-state index contributed by atoms with van der Waals surface area (Å²) in [4.78, 5) is 52.2. The molecule has 6 rings (SSSR count). The van der Waals surface area contributed by atoms with E-state index in [-0.39, 0.29) is 31.1 Å². The minimum Gasteiger partial charge on any atom is -0.496 e. The summed E-state index contributed by atoms with van der Waals surface area (Å²) in [7, 11) is 4.54. The Hall–Kier alpha value is -4.06. The predicted molar refractivity (Wildman–Crippen MR) is 181 cm³/mol. The molecular formula is C36H43FN4O6S. The zero-order valence-electron chi connectivity index (χ0n) is 28.3. The standard InChI is InChI=1S/C36H43FN4O6S/c1-20(2)27-18-48-32(39-27)26-17-29(23-11-12-28(45-5)21(3)30(23)38-26)47-22-15-24-25(16-22)33(43)41(4)14-10-8-7-9-13-35(37)19-36(35,34(44)46-6)40-31(24)42/h9,11-13,17-18,20,22,24-25H,7-8,10,14-16,19H2,1-6H3,(H,40,42)/b13-9-/t22-,24-,25-,35+,36+/m1/s1. The highest BCUT2D eigenvalue weighted by molar-refractivity contribution is 7.13. The molecule has 12 heteroatoms. The number of amides is 2. The number of allylic oxidation sites excluding steroid dienone is 1. The fourth-order valence-electron chi connectivity index (χ4n) is 7.04. The van der Waals surface area contributed by atoms with Gasteiger partial charge in [-0.05, 0) is 63.2 Å². The topological polar surface area (TPSA) is 120 Å². The van der Waals surface area contributed by atoms with Crippen LogP contribution in [0.1, 0.15) is 69.5 Å². The highest BCUT2D eigenvalue weighted by Gasteiger charge is 2.75. The van der Waals surface area contributed by atoms with Crippen molar-refractivity contribution >= 4 is 40.0 Å². The molecule has 256 valence electrons. The Morgan fingerprint density at radius 2 is 1.90 bits per heavy atom. The number of rotatable bonds is 6. The molecule has 48 heavy (non-hydrogen) atoms. The van der Waals surface area contributed by atoms with Gasteiger partial charge in [0.1, 0.15) is 28.3 Å². The quantitative estimate of drug-likeness (QED) is 0.253. The zero-order chi connectivity index (χ0) is 34.4. The highest BCUT2D eigenvalue weighted by Crippen LogP contribution is 2.54. The predicted octanol–water partition coefficient (Wildman–Crippen LogP) is 5.91. The van der Waals surface area contributed by atoms with Crippen molar-refractivity contribution in [3.8, 4) is 22.2 Å². The van der Waals surface area contributed by atoms with Crippen molar-refractivity contribution in [2.75, 3.05) is 27.8 Å². The number of methoxy groups -OCH3 is 2. The molecule has 2 amide bonds. The van der Waals surface area contributed by atoms with Crippen molar-refractivity contribution in [2.24, 2.45) is 11.8 Å². The van der Waals surface area contributed by atoms with Gasteiger partial charge in [0.05, 0.1) is 37.3 Å². The summed E-state index contributed by atoms with van der Waals surface area (Å²) in [6.07, 6.45) is 4.87. The van der Waals surface area contributed by atoms with Crippen LogP contribution in [-0.2, 0) is 19.1 Å². The fraction of sp³-hybridized carbons (Fsp3) is 0.528. The third-order valence-electron chi connectivity index (χ3n) is 10.0. The lowest BCUT2D eigenvalue weighted by Gasteiger charge is -2.26. The summed E-state index contributed by atoms with van der Waals surface area (Å²) in [6.45, 7) is 6.63. The van der Waals surface area contributed by atoms with Gasteiger partial charge in [-0.3, -0.25) is 9.59 Å². The molecule has 3 aliphatic rings. The van der Waals surface area contributed by atoms with Crippen LogP contribution < -0.4 is 14.8 Å². The Kier molecular flexibility index (Phi) is 9.23. The summed E-state index contributed by atoms with van der Waals surface area (Å²) in [5.41, 5.74) is -0.708. The number of alkyl halides is 1. The number of aryl methyl sites for hydroxylation is 1. The Labute approximate surface area is 284 Å². The third-order valence-corrected chi connectivity index (χ3v) is 10.9. The van der Waals surface area contributed by atoms with Gasteiger partial charge >= 0.3 is 5.97 Å². The normalized spacial score (nSPS) is 28.3. The number of carbonyl (C=O) groups excluding carboxylic acids is 3. The van der Waals surface area contributed by atoms with Crippen LogP contribution in [0.3, 0.4) is 0 Å². The number of aromatic nitrogens is 2. The van der Waals surface area contributed by atoms with Crippen LogP contribution in [0.5, 0.6) is 11.5 Å². The van der Waals surface area contributed by atoms with E-state index in [9.17, 15) is 14.4 Å².